The molecule has 2 aromatic heterocycles. The fourth-order valence-corrected chi connectivity index (χ4v) is 3.77. The van der Waals surface area contributed by atoms with Crippen molar-refractivity contribution in [3.63, 3.8) is 0 Å². The maximum atomic E-state index is 9.45. The monoisotopic (exact) mass is 326 g/mol. The maximum Gasteiger partial charge on any atom is 0.163 e. The van der Waals surface area contributed by atoms with Crippen LogP contribution in [0.25, 0.3) is 11.4 Å². The predicted molar refractivity (Wildman–Crippen MR) is 90.5 cm³/mol. The molecule has 0 saturated heterocycles. The standard InChI is InChI=1S/C18H22N4O2/c23-10-18(11-24)7-13(8-18)20-17-14-4-1-5-15(14)21-16(22-17)12-3-2-6-19-9-12/h2-3,6,9,13,23-24H,1,4-5,7-8,10-11H2,(H,20,21,22). The molecule has 0 radical (unpaired) electrons. The number of anilines is 1. The van der Waals surface area contributed by atoms with E-state index in [0.29, 0.717) is 5.82 Å². The van der Waals surface area contributed by atoms with E-state index in [2.05, 4.69) is 10.3 Å². The summed E-state index contributed by atoms with van der Waals surface area (Å²) in [6.07, 6.45) is 8.16. The van der Waals surface area contributed by atoms with Gasteiger partial charge in [-0.3, -0.25) is 4.98 Å². The molecule has 2 heterocycles. The molecule has 0 atom stereocenters. The molecular formula is C18H22N4O2. The number of nitrogens with zero attached hydrogens (tertiary/aromatic N) is 3. The molecule has 0 aromatic carbocycles. The fourth-order valence-electron chi connectivity index (χ4n) is 3.77. The second-order valence-electron chi connectivity index (χ2n) is 6.98. The number of pyridine rings is 1. The SMILES string of the molecule is OCC1(CO)CC(Nc2nc(-c3cccnc3)nc3c2CCC3)C1. The van der Waals surface area contributed by atoms with Crippen LogP contribution in [0.1, 0.15) is 30.5 Å². The van der Waals surface area contributed by atoms with Gasteiger partial charge in [-0.1, -0.05) is 0 Å². The lowest BCUT2D eigenvalue weighted by atomic mass is 9.66. The van der Waals surface area contributed by atoms with Crippen molar-refractivity contribution >= 4 is 5.82 Å². The first-order valence-electron chi connectivity index (χ1n) is 8.51. The Kier molecular flexibility index (Phi) is 3.94. The van der Waals surface area contributed by atoms with Crippen molar-refractivity contribution in [1.82, 2.24) is 15.0 Å². The highest BCUT2D eigenvalue weighted by atomic mass is 16.3. The lowest BCUT2D eigenvalue weighted by Gasteiger charge is -2.46. The number of aromatic nitrogens is 3. The zero-order valence-electron chi connectivity index (χ0n) is 13.6. The van der Waals surface area contributed by atoms with E-state index in [0.717, 1.165) is 49.2 Å². The van der Waals surface area contributed by atoms with Crippen molar-refractivity contribution in [2.24, 2.45) is 5.41 Å². The summed E-state index contributed by atoms with van der Waals surface area (Å²) in [6, 6.07) is 4.10. The molecule has 0 unspecified atom stereocenters. The Morgan fingerprint density at radius 1 is 1.17 bits per heavy atom. The van der Waals surface area contributed by atoms with Gasteiger partial charge in [0.15, 0.2) is 5.82 Å². The normalized spacial score (nSPS) is 18.9. The molecule has 6 nitrogen and oxygen atoms in total. The smallest absolute Gasteiger partial charge is 0.163 e. The number of aliphatic hydroxyl groups is 2. The average molecular weight is 326 g/mol. The van der Waals surface area contributed by atoms with E-state index in [1.807, 2.05) is 12.1 Å². The number of hydrogen-bond acceptors (Lipinski definition) is 6. The van der Waals surface area contributed by atoms with Gasteiger partial charge < -0.3 is 15.5 Å². The lowest BCUT2D eigenvalue weighted by Crippen LogP contribution is -2.50. The van der Waals surface area contributed by atoms with Crippen LogP contribution in [-0.2, 0) is 12.8 Å². The van der Waals surface area contributed by atoms with Crippen molar-refractivity contribution in [2.75, 3.05) is 18.5 Å². The zero-order valence-corrected chi connectivity index (χ0v) is 13.6. The molecule has 2 aliphatic carbocycles. The van der Waals surface area contributed by atoms with Gasteiger partial charge in [0, 0.05) is 40.7 Å². The van der Waals surface area contributed by atoms with Crippen molar-refractivity contribution in [2.45, 2.75) is 38.1 Å². The average Bonchev–Trinajstić information content (AvgIpc) is 3.07. The first-order chi connectivity index (χ1) is 11.7. The fraction of sp³-hybridized carbons (Fsp3) is 0.500. The molecule has 0 aliphatic heterocycles. The van der Waals surface area contributed by atoms with Crippen LogP contribution in [0, 0.1) is 5.41 Å². The number of fused-ring (bicyclic) bond motifs is 1. The van der Waals surface area contributed by atoms with Crippen LogP contribution in [0.3, 0.4) is 0 Å². The quantitative estimate of drug-likeness (QED) is 0.773. The second kappa shape index (κ2) is 6.11. The largest absolute Gasteiger partial charge is 0.396 e. The van der Waals surface area contributed by atoms with E-state index < -0.39 is 0 Å². The lowest BCUT2D eigenvalue weighted by molar-refractivity contribution is -0.0173. The van der Waals surface area contributed by atoms with Gasteiger partial charge in [-0.25, -0.2) is 9.97 Å². The van der Waals surface area contributed by atoms with Crippen molar-refractivity contribution < 1.29 is 10.2 Å². The van der Waals surface area contributed by atoms with Crippen LogP contribution >= 0.6 is 0 Å². The highest BCUT2D eigenvalue weighted by molar-refractivity contribution is 5.60. The number of aryl methyl sites for hydroxylation is 1. The zero-order chi connectivity index (χ0) is 16.6. The summed E-state index contributed by atoms with van der Waals surface area (Å²) in [5.41, 5.74) is 2.93. The van der Waals surface area contributed by atoms with E-state index in [1.165, 1.54) is 5.56 Å². The van der Waals surface area contributed by atoms with E-state index in [1.54, 1.807) is 12.4 Å². The first kappa shape index (κ1) is 15.5. The van der Waals surface area contributed by atoms with Gasteiger partial charge in [0.1, 0.15) is 5.82 Å². The van der Waals surface area contributed by atoms with Gasteiger partial charge in [-0.05, 0) is 44.2 Å². The Morgan fingerprint density at radius 2 is 2.00 bits per heavy atom. The summed E-state index contributed by atoms with van der Waals surface area (Å²) in [7, 11) is 0. The van der Waals surface area contributed by atoms with E-state index in [-0.39, 0.29) is 24.7 Å². The third kappa shape index (κ3) is 2.65. The highest BCUT2D eigenvalue weighted by Crippen LogP contribution is 2.42. The summed E-state index contributed by atoms with van der Waals surface area (Å²) >= 11 is 0. The van der Waals surface area contributed by atoms with Crippen molar-refractivity contribution in [3.8, 4) is 11.4 Å². The van der Waals surface area contributed by atoms with Gasteiger partial charge in [-0.2, -0.15) is 0 Å². The Bertz CT molecular complexity index is 723. The number of hydrogen-bond donors (Lipinski definition) is 3. The van der Waals surface area contributed by atoms with Gasteiger partial charge >= 0.3 is 0 Å². The summed E-state index contributed by atoms with van der Waals surface area (Å²) in [5, 5.41) is 22.4. The molecule has 4 rings (SSSR count). The summed E-state index contributed by atoms with van der Waals surface area (Å²) in [5.74, 6) is 1.62. The predicted octanol–water partition coefficient (Wildman–Crippen LogP) is 1.57. The molecule has 1 saturated carbocycles. The van der Waals surface area contributed by atoms with Gasteiger partial charge in [-0.15, -0.1) is 0 Å². The molecule has 0 amide bonds. The first-order valence-corrected chi connectivity index (χ1v) is 8.51. The number of rotatable bonds is 5. The van der Waals surface area contributed by atoms with Crippen LogP contribution in [-0.4, -0.2) is 44.4 Å². The van der Waals surface area contributed by atoms with Crippen LogP contribution in [0.2, 0.25) is 0 Å². The molecule has 2 aromatic rings. The summed E-state index contributed by atoms with van der Waals surface area (Å²) in [6.45, 7) is 0.0645. The molecule has 0 spiro atoms. The molecule has 24 heavy (non-hydrogen) atoms. The van der Waals surface area contributed by atoms with Crippen LogP contribution < -0.4 is 5.32 Å². The van der Waals surface area contributed by atoms with Crippen LogP contribution in [0.15, 0.2) is 24.5 Å². The topological polar surface area (TPSA) is 91.2 Å². The molecule has 2 aliphatic rings. The minimum absolute atomic E-state index is 0.0322. The van der Waals surface area contributed by atoms with Gasteiger partial charge in [0.05, 0.1) is 13.2 Å². The van der Waals surface area contributed by atoms with Crippen molar-refractivity contribution in [1.29, 1.82) is 0 Å². The molecule has 126 valence electrons. The molecule has 3 N–H and O–H groups in total. The van der Waals surface area contributed by atoms with E-state index in [9.17, 15) is 10.2 Å². The Labute approximate surface area is 141 Å². The minimum atomic E-state index is -0.333. The van der Waals surface area contributed by atoms with Crippen molar-refractivity contribution in [3.05, 3.63) is 35.8 Å². The number of nitrogens with one attached hydrogen (secondary N) is 1. The third-order valence-electron chi connectivity index (χ3n) is 5.22. The Hall–Kier alpha value is -2.05. The van der Waals surface area contributed by atoms with E-state index >= 15 is 0 Å². The van der Waals surface area contributed by atoms with Crippen LogP contribution in [0.5, 0.6) is 0 Å². The van der Waals surface area contributed by atoms with Gasteiger partial charge in [0.2, 0.25) is 0 Å². The summed E-state index contributed by atoms with van der Waals surface area (Å²) in [4.78, 5) is 13.6. The Balaban J connectivity index is 1.60. The van der Waals surface area contributed by atoms with E-state index in [4.69, 9.17) is 9.97 Å². The van der Waals surface area contributed by atoms with Gasteiger partial charge in [0.25, 0.3) is 0 Å². The Morgan fingerprint density at radius 3 is 2.71 bits per heavy atom. The molecular weight excluding hydrogens is 304 g/mol. The van der Waals surface area contributed by atoms with Crippen LogP contribution in [0.4, 0.5) is 5.82 Å². The summed E-state index contributed by atoms with van der Waals surface area (Å²) < 4.78 is 0. The maximum absolute atomic E-state index is 9.45. The number of aliphatic hydroxyl groups excluding tert-OH is 2. The highest BCUT2D eigenvalue weighted by Gasteiger charge is 2.43. The minimum Gasteiger partial charge on any atom is -0.396 e. The second-order valence-corrected chi connectivity index (χ2v) is 6.98. The molecule has 0 bridgehead atoms. The third-order valence-corrected chi connectivity index (χ3v) is 5.22. The molecule has 6 heteroatoms. The molecule has 1 fully saturated rings.